The Hall–Kier alpha value is -2.29. The lowest BCUT2D eigenvalue weighted by molar-refractivity contribution is 0.415. The van der Waals surface area contributed by atoms with Crippen LogP contribution >= 0.6 is 0 Å². The van der Waals surface area contributed by atoms with Gasteiger partial charge in [-0.25, -0.2) is 8.42 Å². The Morgan fingerprint density at radius 2 is 1.60 bits per heavy atom. The van der Waals surface area contributed by atoms with Crippen molar-refractivity contribution in [3.05, 3.63) is 59.7 Å². The molecule has 4 nitrogen and oxygen atoms in total. The first kappa shape index (κ1) is 19.0. The second-order valence-electron chi connectivity index (χ2n) is 6.63. The molecule has 0 fully saturated rings. The van der Waals surface area contributed by atoms with Gasteiger partial charge >= 0.3 is 0 Å². The standard InChI is InChI=1S/C20H23NO3S/c1-20(2,3)17-9-13-19(14-10-17)25(22,23)21-15-5-6-16-7-11-18(24-4)12-8-16/h7-14,21H,15H2,1-4H3. The Kier molecular flexibility index (Phi) is 5.89. The lowest BCUT2D eigenvalue weighted by Gasteiger charge is -2.19. The largest absolute Gasteiger partial charge is 0.497 e. The Bertz CT molecular complexity index is 866. The van der Waals surface area contributed by atoms with Crippen molar-refractivity contribution < 1.29 is 13.2 Å². The van der Waals surface area contributed by atoms with Crippen LogP contribution in [0.1, 0.15) is 31.9 Å². The van der Waals surface area contributed by atoms with Crippen LogP contribution < -0.4 is 9.46 Å². The van der Waals surface area contributed by atoms with E-state index in [4.69, 9.17) is 4.74 Å². The van der Waals surface area contributed by atoms with Crippen molar-refractivity contribution in [2.24, 2.45) is 0 Å². The molecule has 5 heteroatoms. The number of ether oxygens (including phenoxy) is 1. The molecule has 0 heterocycles. The highest BCUT2D eigenvalue weighted by molar-refractivity contribution is 7.89. The quantitative estimate of drug-likeness (QED) is 0.854. The van der Waals surface area contributed by atoms with Crippen molar-refractivity contribution >= 4 is 10.0 Å². The van der Waals surface area contributed by atoms with Crippen LogP contribution in [0.25, 0.3) is 0 Å². The average Bonchev–Trinajstić information content (AvgIpc) is 2.58. The zero-order chi connectivity index (χ0) is 18.5. The Labute approximate surface area is 150 Å². The van der Waals surface area contributed by atoms with Gasteiger partial charge in [0.15, 0.2) is 0 Å². The predicted molar refractivity (Wildman–Crippen MR) is 100 cm³/mol. The monoisotopic (exact) mass is 357 g/mol. The number of hydrogen-bond donors (Lipinski definition) is 1. The summed E-state index contributed by atoms with van der Waals surface area (Å²) in [7, 11) is -1.96. The van der Waals surface area contributed by atoms with E-state index >= 15 is 0 Å². The number of sulfonamides is 1. The van der Waals surface area contributed by atoms with E-state index in [1.54, 1.807) is 19.2 Å². The van der Waals surface area contributed by atoms with Gasteiger partial charge in [-0.3, -0.25) is 0 Å². The lowest BCUT2D eigenvalue weighted by Crippen LogP contribution is -2.24. The minimum Gasteiger partial charge on any atom is -0.497 e. The van der Waals surface area contributed by atoms with E-state index in [2.05, 4.69) is 37.3 Å². The summed E-state index contributed by atoms with van der Waals surface area (Å²) in [5.41, 5.74) is 1.87. The minimum absolute atomic E-state index is 0.0143. The summed E-state index contributed by atoms with van der Waals surface area (Å²) in [4.78, 5) is 0.242. The molecule has 25 heavy (non-hydrogen) atoms. The van der Waals surface area contributed by atoms with Crippen molar-refractivity contribution in [2.75, 3.05) is 13.7 Å². The van der Waals surface area contributed by atoms with E-state index in [1.807, 2.05) is 36.4 Å². The van der Waals surface area contributed by atoms with Gasteiger partial charge < -0.3 is 4.74 Å². The summed E-state index contributed by atoms with van der Waals surface area (Å²) in [6, 6.07) is 14.2. The van der Waals surface area contributed by atoms with E-state index in [9.17, 15) is 8.42 Å². The van der Waals surface area contributed by atoms with Crippen molar-refractivity contribution in [3.8, 4) is 17.6 Å². The average molecular weight is 357 g/mol. The van der Waals surface area contributed by atoms with Gasteiger partial charge in [0.1, 0.15) is 5.75 Å². The maximum atomic E-state index is 12.3. The summed E-state index contributed by atoms with van der Waals surface area (Å²) in [6.45, 7) is 6.31. The molecular formula is C20H23NO3S. The molecule has 0 aliphatic carbocycles. The van der Waals surface area contributed by atoms with Gasteiger partial charge in [0, 0.05) is 5.56 Å². The van der Waals surface area contributed by atoms with Gasteiger partial charge in [-0.1, -0.05) is 44.7 Å². The summed E-state index contributed by atoms with van der Waals surface area (Å²) in [5, 5.41) is 0. The highest BCUT2D eigenvalue weighted by Gasteiger charge is 2.16. The topological polar surface area (TPSA) is 55.4 Å². The van der Waals surface area contributed by atoms with Gasteiger partial charge in [-0.05, 0) is 47.4 Å². The van der Waals surface area contributed by atoms with Crippen molar-refractivity contribution in [3.63, 3.8) is 0 Å². The highest BCUT2D eigenvalue weighted by atomic mass is 32.2. The van der Waals surface area contributed by atoms with E-state index in [-0.39, 0.29) is 16.9 Å². The first-order valence-electron chi connectivity index (χ1n) is 7.95. The normalized spacial score (nSPS) is 11.5. The first-order valence-corrected chi connectivity index (χ1v) is 9.44. The molecule has 0 unspecified atom stereocenters. The van der Waals surface area contributed by atoms with Gasteiger partial charge in [0.05, 0.1) is 18.6 Å². The number of hydrogen-bond acceptors (Lipinski definition) is 3. The molecule has 2 rings (SSSR count). The zero-order valence-electron chi connectivity index (χ0n) is 15.0. The Balaban J connectivity index is 2.01. The summed E-state index contributed by atoms with van der Waals surface area (Å²) >= 11 is 0. The molecule has 0 aromatic heterocycles. The molecule has 0 atom stereocenters. The molecule has 0 saturated heterocycles. The number of rotatable bonds is 4. The molecule has 2 aromatic carbocycles. The fourth-order valence-electron chi connectivity index (χ4n) is 2.17. The zero-order valence-corrected chi connectivity index (χ0v) is 15.8. The minimum atomic E-state index is -3.56. The maximum absolute atomic E-state index is 12.3. The molecule has 1 N–H and O–H groups in total. The molecule has 0 spiro atoms. The second kappa shape index (κ2) is 7.73. The molecular weight excluding hydrogens is 334 g/mol. The Morgan fingerprint density at radius 3 is 2.12 bits per heavy atom. The Morgan fingerprint density at radius 1 is 1.00 bits per heavy atom. The molecule has 132 valence electrons. The van der Waals surface area contributed by atoms with Crippen molar-refractivity contribution in [1.29, 1.82) is 0 Å². The first-order chi connectivity index (χ1) is 11.7. The van der Waals surface area contributed by atoms with Gasteiger partial charge in [-0.2, -0.15) is 4.72 Å². The molecule has 0 saturated carbocycles. The van der Waals surface area contributed by atoms with Crippen LogP contribution in [0.4, 0.5) is 0 Å². The van der Waals surface area contributed by atoms with E-state index in [0.717, 1.165) is 16.9 Å². The second-order valence-corrected chi connectivity index (χ2v) is 8.40. The lowest BCUT2D eigenvalue weighted by atomic mass is 9.87. The van der Waals surface area contributed by atoms with Crippen LogP contribution in [0, 0.1) is 11.8 Å². The van der Waals surface area contributed by atoms with Crippen LogP contribution in [0.15, 0.2) is 53.4 Å². The highest BCUT2D eigenvalue weighted by Crippen LogP contribution is 2.23. The SMILES string of the molecule is COc1ccc(C#CCNS(=O)(=O)c2ccc(C(C)(C)C)cc2)cc1. The summed E-state index contributed by atoms with van der Waals surface area (Å²) < 4.78 is 32.2. The van der Waals surface area contributed by atoms with E-state index in [0.29, 0.717) is 0 Å². The molecule has 0 radical (unpaired) electrons. The van der Waals surface area contributed by atoms with Crippen LogP contribution in [-0.2, 0) is 15.4 Å². The van der Waals surface area contributed by atoms with E-state index < -0.39 is 10.0 Å². The third-order valence-electron chi connectivity index (χ3n) is 3.70. The fourth-order valence-corrected chi connectivity index (χ4v) is 3.09. The number of benzene rings is 2. The predicted octanol–water partition coefficient (Wildman–Crippen LogP) is 3.32. The van der Waals surface area contributed by atoms with Crippen molar-refractivity contribution in [1.82, 2.24) is 4.72 Å². The van der Waals surface area contributed by atoms with Crippen LogP contribution in [-0.4, -0.2) is 22.1 Å². The van der Waals surface area contributed by atoms with Gasteiger partial charge in [0.2, 0.25) is 10.0 Å². The maximum Gasteiger partial charge on any atom is 0.241 e. The third kappa shape index (κ3) is 5.35. The number of methoxy groups -OCH3 is 1. The molecule has 0 aliphatic rings. The summed E-state index contributed by atoms with van der Waals surface area (Å²) in [5.74, 6) is 6.49. The fraction of sp³-hybridized carbons (Fsp3) is 0.300. The van der Waals surface area contributed by atoms with Crippen LogP contribution in [0.2, 0.25) is 0 Å². The molecule has 0 aliphatic heterocycles. The third-order valence-corrected chi connectivity index (χ3v) is 5.12. The smallest absolute Gasteiger partial charge is 0.241 e. The number of nitrogens with one attached hydrogen (secondary N) is 1. The van der Waals surface area contributed by atoms with Crippen LogP contribution in [0.3, 0.4) is 0 Å². The van der Waals surface area contributed by atoms with Crippen molar-refractivity contribution in [2.45, 2.75) is 31.1 Å². The molecule has 0 bridgehead atoms. The van der Waals surface area contributed by atoms with Gasteiger partial charge in [-0.15, -0.1) is 0 Å². The van der Waals surface area contributed by atoms with E-state index in [1.165, 1.54) is 0 Å². The summed E-state index contributed by atoms with van der Waals surface area (Å²) in [6.07, 6.45) is 0. The van der Waals surface area contributed by atoms with Crippen LogP contribution in [0.5, 0.6) is 5.75 Å². The molecule has 0 amide bonds. The van der Waals surface area contributed by atoms with Gasteiger partial charge in [0.25, 0.3) is 0 Å². The molecule has 2 aromatic rings.